The molecule has 0 bridgehead atoms. The van der Waals surface area contributed by atoms with Crippen molar-refractivity contribution in [1.29, 1.82) is 0 Å². The third-order valence-corrected chi connectivity index (χ3v) is 5.53. The van der Waals surface area contributed by atoms with Gasteiger partial charge < -0.3 is 15.2 Å². The molecule has 0 radical (unpaired) electrons. The molecule has 2 aromatic heterocycles. The molecule has 0 saturated carbocycles. The van der Waals surface area contributed by atoms with Crippen LogP contribution >= 0.6 is 0 Å². The van der Waals surface area contributed by atoms with E-state index in [9.17, 15) is 13.2 Å². The normalized spacial score (nSPS) is 11.4. The molecule has 3 rings (SSSR count). The molecule has 0 atom stereocenters. The van der Waals surface area contributed by atoms with E-state index in [2.05, 4.69) is 10.3 Å². The summed E-state index contributed by atoms with van der Waals surface area (Å²) in [5.74, 6) is 0.432. The first-order valence-electron chi connectivity index (χ1n) is 7.75. The molecule has 0 aliphatic heterocycles. The molecule has 0 saturated heterocycles. The van der Waals surface area contributed by atoms with Crippen LogP contribution < -0.4 is 10.1 Å². The summed E-state index contributed by atoms with van der Waals surface area (Å²) in [5, 5.41) is 11.6. The summed E-state index contributed by atoms with van der Waals surface area (Å²) in [6.45, 7) is 0.169. The zero-order valence-electron chi connectivity index (χ0n) is 13.9. The zero-order chi connectivity index (χ0) is 18.7. The molecule has 2 N–H and O–H groups in total. The Hall–Kier alpha value is -3.07. The zero-order valence-corrected chi connectivity index (χ0v) is 14.7. The summed E-state index contributed by atoms with van der Waals surface area (Å²) < 4.78 is 32.4. The summed E-state index contributed by atoms with van der Waals surface area (Å²) in [5.41, 5.74) is 0.981. The fraction of sp³-hybridized carbons (Fsp3) is 0.176. The number of nitrogens with one attached hydrogen (secondary N) is 1. The van der Waals surface area contributed by atoms with Crippen LogP contribution in [0.3, 0.4) is 0 Å². The Balaban J connectivity index is 2.07. The number of ether oxygens (including phenoxy) is 1. The van der Waals surface area contributed by atoms with Crippen molar-refractivity contribution in [2.45, 2.75) is 11.3 Å². The number of rotatable bonds is 6. The molecule has 3 aromatic rings. The maximum absolute atomic E-state index is 13.1. The fourth-order valence-corrected chi connectivity index (χ4v) is 4.04. The topological polar surface area (TPSA) is 111 Å². The fourth-order valence-electron chi connectivity index (χ4n) is 2.66. The van der Waals surface area contributed by atoms with Gasteiger partial charge in [-0.25, -0.2) is 22.2 Å². The molecule has 26 heavy (non-hydrogen) atoms. The van der Waals surface area contributed by atoms with Gasteiger partial charge in [-0.05, 0) is 36.2 Å². The highest BCUT2D eigenvalue weighted by molar-refractivity contribution is 7.90. The molecule has 9 heteroatoms. The second kappa shape index (κ2) is 7.04. The molecule has 136 valence electrons. The van der Waals surface area contributed by atoms with Gasteiger partial charge in [0.15, 0.2) is 5.65 Å². The highest BCUT2D eigenvalue weighted by Gasteiger charge is 2.22. The lowest BCUT2D eigenvalue weighted by Gasteiger charge is -2.08. The van der Waals surface area contributed by atoms with Gasteiger partial charge in [0.2, 0.25) is 0 Å². The molecule has 2 heterocycles. The summed E-state index contributed by atoms with van der Waals surface area (Å²) in [4.78, 5) is 14.9. The number of aromatic nitrogens is 2. The van der Waals surface area contributed by atoms with Gasteiger partial charge in [0, 0.05) is 30.4 Å². The monoisotopic (exact) mass is 375 g/mol. The van der Waals surface area contributed by atoms with Crippen LogP contribution in [0.15, 0.2) is 53.7 Å². The van der Waals surface area contributed by atoms with E-state index in [1.165, 1.54) is 31.6 Å². The number of fused-ring (bicyclic) bond motifs is 1. The second-order valence-corrected chi connectivity index (χ2v) is 7.31. The predicted molar refractivity (Wildman–Crippen MR) is 95.0 cm³/mol. The van der Waals surface area contributed by atoms with Crippen molar-refractivity contribution in [3.05, 3.63) is 54.4 Å². The lowest BCUT2D eigenvalue weighted by Crippen LogP contribution is -2.23. The number of methoxy groups -OCH3 is 1. The van der Waals surface area contributed by atoms with E-state index in [1.54, 1.807) is 24.3 Å². The second-order valence-electron chi connectivity index (χ2n) is 5.49. The molecule has 8 nitrogen and oxygen atoms in total. The van der Waals surface area contributed by atoms with E-state index in [0.29, 0.717) is 28.8 Å². The van der Waals surface area contributed by atoms with Gasteiger partial charge in [-0.2, -0.15) is 0 Å². The average Bonchev–Trinajstić information content (AvgIpc) is 3.01. The van der Waals surface area contributed by atoms with Crippen molar-refractivity contribution in [3.63, 3.8) is 0 Å². The maximum Gasteiger partial charge on any atom is 0.404 e. The molecular weight excluding hydrogens is 358 g/mol. The van der Waals surface area contributed by atoms with Crippen LogP contribution in [-0.4, -0.2) is 42.2 Å². The number of nitrogens with zero attached hydrogens (tertiary/aromatic N) is 2. The van der Waals surface area contributed by atoms with E-state index in [4.69, 9.17) is 9.84 Å². The Morgan fingerprint density at radius 2 is 2.12 bits per heavy atom. The number of pyridine rings is 1. The third kappa shape index (κ3) is 3.33. The lowest BCUT2D eigenvalue weighted by molar-refractivity contribution is 0.194. The smallest absolute Gasteiger partial charge is 0.404 e. The molecule has 0 unspecified atom stereocenters. The number of benzene rings is 1. The van der Waals surface area contributed by atoms with Gasteiger partial charge in [-0.3, -0.25) is 0 Å². The number of amides is 1. The summed E-state index contributed by atoms with van der Waals surface area (Å²) in [6, 6.07) is 9.65. The van der Waals surface area contributed by atoms with Gasteiger partial charge in [0.1, 0.15) is 5.75 Å². The summed E-state index contributed by atoms with van der Waals surface area (Å²) >= 11 is 0. The Bertz CT molecular complexity index is 1060. The van der Waals surface area contributed by atoms with E-state index < -0.39 is 16.1 Å². The molecule has 0 fully saturated rings. The number of hydrogen-bond acceptors (Lipinski definition) is 5. The molecule has 1 aromatic carbocycles. The highest BCUT2D eigenvalue weighted by Crippen LogP contribution is 2.26. The minimum Gasteiger partial charge on any atom is -0.497 e. The van der Waals surface area contributed by atoms with Crippen molar-refractivity contribution in [3.8, 4) is 5.75 Å². The van der Waals surface area contributed by atoms with Crippen LogP contribution in [0.5, 0.6) is 5.75 Å². The van der Waals surface area contributed by atoms with E-state index in [1.807, 2.05) is 0 Å². The van der Waals surface area contributed by atoms with Crippen LogP contribution in [0.25, 0.3) is 11.0 Å². The van der Waals surface area contributed by atoms with Gasteiger partial charge >= 0.3 is 6.09 Å². The summed E-state index contributed by atoms with van der Waals surface area (Å²) in [6.07, 6.45) is 2.21. The molecule has 0 spiro atoms. The van der Waals surface area contributed by atoms with Gasteiger partial charge in [-0.1, -0.05) is 6.07 Å². The van der Waals surface area contributed by atoms with Crippen LogP contribution in [0.1, 0.15) is 5.56 Å². The number of carboxylic acid groups (broad SMARTS) is 1. The standard InChI is InChI=1S/C17H17N3O5S/c1-25-13-4-2-5-14(10-13)26(23,24)20-11-12(7-9-19-17(21)22)15-6-3-8-18-16(15)20/h2-6,8,10-11,19H,7,9H2,1H3,(H,21,22). The van der Waals surface area contributed by atoms with E-state index in [0.717, 1.165) is 3.97 Å². The predicted octanol–water partition coefficient (Wildman–Crippen LogP) is 2.09. The molecule has 0 aliphatic carbocycles. The Morgan fingerprint density at radius 1 is 1.31 bits per heavy atom. The molecule has 1 amide bonds. The van der Waals surface area contributed by atoms with Crippen molar-refractivity contribution >= 4 is 27.1 Å². The minimum atomic E-state index is -3.88. The van der Waals surface area contributed by atoms with Crippen LogP contribution in [-0.2, 0) is 16.4 Å². The van der Waals surface area contributed by atoms with Crippen molar-refractivity contribution in [1.82, 2.24) is 14.3 Å². The van der Waals surface area contributed by atoms with Gasteiger partial charge in [0.05, 0.1) is 12.0 Å². The van der Waals surface area contributed by atoms with Crippen molar-refractivity contribution in [2.75, 3.05) is 13.7 Å². The van der Waals surface area contributed by atoms with E-state index in [-0.39, 0.29) is 11.4 Å². The first-order valence-corrected chi connectivity index (χ1v) is 9.19. The Kier molecular flexibility index (Phi) is 4.81. The first-order chi connectivity index (χ1) is 12.4. The van der Waals surface area contributed by atoms with E-state index >= 15 is 0 Å². The lowest BCUT2D eigenvalue weighted by atomic mass is 10.1. The quantitative estimate of drug-likeness (QED) is 0.683. The van der Waals surface area contributed by atoms with Gasteiger partial charge in [0.25, 0.3) is 10.0 Å². The first kappa shape index (κ1) is 17.7. The largest absolute Gasteiger partial charge is 0.497 e. The Morgan fingerprint density at radius 3 is 2.85 bits per heavy atom. The summed E-state index contributed by atoms with van der Waals surface area (Å²) in [7, 11) is -2.42. The van der Waals surface area contributed by atoms with Crippen LogP contribution in [0.4, 0.5) is 4.79 Å². The van der Waals surface area contributed by atoms with Gasteiger partial charge in [-0.15, -0.1) is 0 Å². The third-order valence-electron chi connectivity index (χ3n) is 3.88. The van der Waals surface area contributed by atoms with Crippen molar-refractivity contribution in [2.24, 2.45) is 0 Å². The van der Waals surface area contributed by atoms with Crippen molar-refractivity contribution < 1.29 is 23.1 Å². The molecule has 0 aliphatic rings. The van der Waals surface area contributed by atoms with Crippen LogP contribution in [0.2, 0.25) is 0 Å². The number of carbonyl (C=O) groups is 1. The minimum absolute atomic E-state index is 0.0783. The van der Waals surface area contributed by atoms with Crippen LogP contribution in [0, 0.1) is 0 Å². The highest BCUT2D eigenvalue weighted by atomic mass is 32.2. The SMILES string of the molecule is COc1cccc(S(=O)(=O)n2cc(CCNC(=O)O)c3cccnc32)c1. The average molecular weight is 375 g/mol. The Labute approximate surface area is 150 Å². The number of hydrogen-bond donors (Lipinski definition) is 2. The molecular formula is C17H17N3O5S. The maximum atomic E-state index is 13.1.